The molecule has 1 rings (SSSR count). The molecule has 0 bridgehead atoms. The number of ether oxygens (including phenoxy) is 1. The summed E-state index contributed by atoms with van der Waals surface area (Å²) in [5.74, 6) is -1.48. The van der Waals surface area contributed by atoms with Gasteiger partial charge in [-0.3, -0.25) is 0 Å². The lowest BCUT2D eigenvalue weighted by atomic mass is 10.0. The number of carbonyl (C=O) groups is 1. The third-order valence-electron chi connectivity index (χ3n) is 2.15. The van der Waals surface area contributed by atoms with Gasteiger partial charge in [0.15, 0.2) is 0 Å². The standard InChI is InChI=1S/C12H11F3O3/c1-2-9-8(6-7-11(16)17)4-3-5-10(9)18-12(13,14)15/h3-7H,2H2,1H3,(H,16,17)/b7-6+. The summed E-state index contributed by atoms with van der Waals surface area (Å²) in [4.78, 5) is 10.4. The zero-order valence-corrected chi connectivity index (χ0v) is 9.49. The summed E-state index contributed by atoms with van der Waals surface area (Å²) in [6.45, 7) is 1.66. The molecule has 0 aliphatic heterocycles. The van der Waals surface area contributed by atoms with E-state index in [2.05, 4.69) is 4.74 Å². The van der Waals surface area contributed by atoms with Gasteiger partial charge in [0, 0.05) is 11.6 Å². The highest BCUT2D eigenvalue weighted by atomic mass is 19.4. The second kappa shape index (κ2) is 5.57. The van der Waals surface area contributed by atoms with Crippen molar-refractivity contribution in [3.8, 4) is 5.75 Å². The van der Waals surface area contributed by atoms with Crippen molar-refractivity contribution < 1.29 is 27.8 Å². The minimum Gasteiger partial charge on any atom is -0.478 e. The highest BCUT2D eigenvalue weighted by Gasteiger charge is 2.32. The van der Waals surface area contributed by atoms with Gasteiger partial charge >= 0.3 is 12.3 Å². The number of rotatable bonds is 4. The fourth-order valence-corrected chi connectivity index (χ4v) is 1.50. The highest BCUT2D eigenvalue weighted by molar-refractivity contribution is 5.85. The quantitative estimate of drug-likeness (QED) is 0.845. The Morgan fingerprint density at radius 3 is 2.61 bits per heavy atom. The Balaban J connectivity index is 3.14. The first-order valence-corrected chi connectivity index (χ1v) is 5.12. The number of hydrogen-bond donors (Lipinski definition) is 1. The van der Waals surface area contributed by atoms with Crippen LogP contribution in [0.2, 0.25) is 0 Å². The highest BCUT2D eigenvalue weighted by Crippen LogP contribution is 2.29. The van der Waals surface area contributed by atoms with Gasteiger partial charge in [-0.1, -0.05) is 19.1 Å². The van der Waals surface area contributed by atoms with Gasteiger partial charge in [-0.25, -0.2) is 4.79 Å². The third kappa shape index (κ3) is 4.12. The second-order valence-electron chi connectivity index (χ2n) is 3.40. The normalized spacial score (nSPS) is 11.8. The molecule has 3 nitrogen and oxygen atoms in total. The number of hydrogen-bond acceptors (Lipinski definition) is 2. The van der Waals surface area contributed by atoms with Crippen molar-refractivity contribution >= 4 is 12.0 Å². The summed E-state index contributed by atoms with van der Waals surface area (Å²) in [7, 11) is 0. The number of alkyl halides is 3. The van der Waals surface area contributed by atoms with Crippen LogP contribution in [-0.2, 0) is 11.2 Å². The maximum absolute atomic E-state index is 12.2. The van der Waals surface area contributed by atoms with E-state index >= 15 is 0 Å². The number of benzene rings is 1. The molecule has 0 fully saturated rings. The van der Waals surface area contributed by atoms with Gasteiger partial charge in [0.2, 0.25) is 0 Å². The molecular weight excluding hydrogens is 249 g/mol. The van der Waals surface area contributed by atoms with E-state index in [1.165, 1.54) is 24.3 Å². The van der Waals surface area contributed by atoms with Crippen molar-refractivity contribution in [1.82, 2.24) is 0 Å². The lowest BCUT2D eigenvalue weighted by molar-refractivity contribution is -0.274. The van der Waals surface area contributed by atoms with Crippen molar-refractivity contribution in [3.05, 3.63) is 35.4 Å². The third-order valence-corrected chi connectivity index (χ3v) is 2.15. The van der Waals surface area contributed by atoms with Crippen LogP contribution in [0.25, 0.3) is 6.08 Å². The van der Waals surface area contributed by atoms with Crippen LogP contribution in [0, 0.1) is 0 Å². The van der Waals surface area contributed by atoms with E-state index in [1.54, 1.807) is 6.92 Å². The number of halogens is 3. The number of carboxylic acid groups (broad SMARTS) is 1. The Hall–Kier alpha value is -1.98. The van der Waals surface area contributed by atoms with Crippen LogP contribution in [0.5, 0.6) is 5.75 Å². The molecule has 1 N–H and O–H groups in total. The maximum Gasteiger partial charge on any atom is 0.573 e. The minimum absolute atomic E-state index is 0.297. The second-order valence-corrected chi connectivity index (χ2v) is 3.40. The van der Waals surface area contributed by atoms with Crippen LogP contribution >= 0.6 is 0 Å². The summed E-state index contributed by atoms with van der Waals surface area (Å²) in [5.41, 5.74) is 0.703. The monoisotopic (exact) mass is 260 g/mol. The van der Waals surface area contributed by atoms with Crippen molar-refractivity contribution in [2.24, 2.45) is 0 Å². The molecule has 0 aliphatic carbocycles. The lowest BCUT2D eigenvalue weighted by Crippen LogP contribution is -2.18. The van der Waals surface area contributed by atoms with Gasteiger partial charge in [-0.2, -0.15) is 0 Å². The van der Waals surface area contributed by atoms with Crippen LogP contribution in [-0.4, -0.2) is 17.4 Å². The smallest absolute Gasteiger partial charge is 0.478 e. The van der Waals surface area contributed by atoms with Gasteiger partial charge in [0.05, 0.1) is 0 Å². The molecule has 98 valence electrons. The predicted molar refractivity (Wildman–Crippen MR) is 59.2 cm³/mol. The van der Waals surface area contributed by atoms with Crippen molar-refractivity contribution in [2.45, 2.75) is 19.7 Å². The van der Waals surface area contributed by atoms with Crippen molar-refractivity contribution in [1.29, 1.82) is 0 Å². The predicted octanol–water partition coefficient (Wildman–Crippen LogP) is 3.25. The average Bonchev–Trinajstić information content (AvgIpc) is 2.24. The molecule has 0 amide bonds. The molecule has 0 heterocycles. The molecule has 1 aromatic carbocycles. The minimum atomic E-state index is -4.76. The maximum atomic E-state index is 12.2. The molecule has 1 aromatic rings. The van der Waals surface area contributed by atoms with Crippen LogP contribution in [0.15, 0.2) is 24.3 Å². The van der Waals surface area contributed by atoms with Gasteiger partial charge in [0.1, 0.15) is 5.75 Å². The topological polar surface area (TPSA) is 46.5 Å². The molecule has 0 radical (unpaired) electrons. The van der Waals surface area contributed by atoms with E-state index in [4.69, 9.17) is 5.11 Å². The van der Waals surface area contributed by atoms with E-state index in [1.807, 2.05) is 0 Å². The molecule has 0 unspecified atom stereocenters. The van der Waals surface area contributed by atoms with Gasteiger partial charge in [-0.05, 0) is 24.1 Å². The molecule has 0 saturated heterocycles. The van der Waals surface area contributed by atoms with E-state index < -0.39 is 12.3 Å². The molecule has 0 aromatic heterocycles. The number of aliphatic carboxylic acids is 1. The van der Waals surface area contributed by atoms with Gasteiger partial charge in [0.25, 0.3) is 0 Å². The Labute approximate surface area is 101 Å². The molecule has 0 aliphatic rings. The van der Waals surface area contributed by atoms with Crippen LogP contribution in [0.3, 0.4) is 0 Å². The summed E-state index contributed by atoms with van der Waals surface area (Å²) < 4.78 is 40.4. The zero-order chi connectivity index (χ0) is 13.8. The SMILES string of the molecule is CCc1c(/C=C/C(=O)O)cccc1OC(F)(F)F. The average molecular weight is 260 g/mol. The summed E-state index contributed by atoms with van der Waals surface area (Å²) in [5, 5.41) is 8.50. The first kappa shape index (κ1) is 14.1. The largest absolute Gasteiger partial charge is 0.573 e. The fraction of sp³-hybridized carbons (Fsp3) is 0.250. The molecular formula is C12H11F3O3. The molecule has 18 heavy (non-hydrogen) atoms. The van der Waals surface area contributed by atoms with Crippen LogP contribution < -0.4 is 4.74 Å². The molecule has 6 heteroatoms. The molecule has 0 spiro atoms. The number of carboxylic acids is 1. The van der Waals surface area contributed by atoms with Crippen LogP contribution in [0.4, 0.5) is 13.2 Å². The summed E-state index contributed by atoms with van der Waals surface area (Å²) in [6.07, 6.45) is -2.36. The Bertz CT molecular complexity index is 464. The van der Waals surface area contributed by atoms with Crippen LogP contribution in [0.1, 0.15) is 18.1 Å². The Morgan fingerprint density at radius 2 is 2.11 bits per heavy atom. The van der Waals surface area contributed by atoms with Gasteiger partial charge in [-0.15, -0.1) is 13.2 Å². The Kier molecular flexibility index (Phi) is 4.36. The molecule has 0 atom stereocenters. The summed E-state index contributed by atoms with van der Waals surface area (Å²) >= 11 is 0. The van der Waals surface area contributed by atoms with E-state index in [9.17, 15) is 18.0 Å². The Morgan fingerprint density at radius 1 is 1.44 bits per heavy atom. The zero-order valence-electron chi connectivity index (χ0n) is 9.49. The van der Waals surface area contributed by atoms with E-state index in [0.29, 0.717) is 17.5 Å². The molecule has 0 saturated carbocycles. The first-order chi connectivity index (χ1) is 8.33. The lowest BCUT2D eigenvalue weighted by Gasteiger charge is -2.14. The fourth-order valence-electron chi connectivity index (χ4n) is 1.50. The van der Waals surface area contributed by atoms with E-state index in [-0.39, 0.29) is 5.75 Å². The van der Waals surface area contributed by atoms with Gasteiger partial charge < -0.3 is 9.84 Å². The summed E-state index contributed by atoms with van der Waals surface area (Å²) in [6, 6.07) is 4.10. The first-order valence-electron chi connectivity index (χ1n) is 5.12. The van der Waals surface area contributed by atoms with Crippen molar-refractivity contribution in [3.63, 3.8) is 0 Å². The van der Waals surface area contributed by atoms with E-state index in [0.717, 1.165) is 6.08 Å². The van der Waals surface area contributed by atoms with Crippen molar-refractivity contribution in [2.75, 3.05) is 0 Å².